The minimum atomic E-state index is -0.321. The first-order valence-corrected chi connectivity index (χ1v) is 8.12. The Balaban J connectivity index is 2.05. The molecule has 2 rings (SSSR count). The molecule has 2 heterocycles. The molecule has 9 heteroatoms. The quantitative estimate of drug-likeness (QED) is 0.385. The van der Waals surface area contributed by atoms with Gasteiger partial charge < -0.3 is 27.0 Å². The normalized spacial score (nSPS) is 13.7. The molecule has 1 aliphatic rings. The van der Waals surface area contributed by atoms with E-state index in [1.54, 1.807) is 11.9 Å². The van der Waals surface area contributed by atoms with Crippen molar-refractivity contribution < 1.29 is 0 Å². The van der Waals surface area contributed by atoms with E-state index in [9.17, 15) is 4.79 Å². The molecular formula is C15H26N8O. The lowest BCUT2D eigenvalue weighted by Gasteiger charge is -2.28. The zero-order valence-corrected chi connectivity index (χ0v) is 14.1. The largest absolute Gasteiger partial charge is 0.383 e. The Morgan fingerprint density at radius 1 is 1.29 bits per heavy atom. The van der Waals surface area contributed by atoms with Gasteiger partial charge in [-0.25, -0.2) is 4.99 Å². The maximum atomic E-state index is 12.2. The Morgan fingerprint density at radius 2 is 2.08 bits per heavy atom. The molecule has 1 aromatic rings. The van der Waals surface area contributed by atoms with Crippen LogP contribution in [-0.2, 0) is 0 Å². The van der Waals surface area contributed by atoms with Gasteiger partial charge in [-0.1, -0.05) is 13.0 Å². The van der Waals surface area contributed by atoms with Crippen LogP contribution in [0.2, 0.25) is 0 Å². The minimum Gasteiger partial charge on any atom is -0.383 e. The molecule has 0 saturated carbocycles. The Bertz CT molecular complexity index is 666. The van der Waals surface area contributed by atoms with E-state index in [1.165, 1.54) is 0 Å². The van der Waals surface area contributed by atoms with Crippen molar-refractivity contribution in [2.24, 2.45) is 16.5 Å². The van der Waals surface area contributed by atoms with Crippen molar-refractivity contribution in [3.63, 3.8) is 0 Å². The predicted molar refractivity (Wildman–Crippen MR) is 97.4 cm³/mol. The molecule has 0 fully saturated rings. The zero-order valence-electron chi connectivity index (χ0n) is 14.1. The molecule has 0 aromatic carbocycles. The maximum Gasteiger partial charge on any atom is 0.265 e. The Morgan fingerprint density at radius 3 is 2.79 bits per heavy atom. The highest BCUT2D eigenvalue weighted by atomic mass is 16.1. The monoisotopic (exact) mass is 334 g/mol. The van der Waals surface area contributed by atoms with E-state index in [0.29, 0.717) is 24.1 Å². The number of H-pyrrole nitrogens is 1. The van der Waals surface area contributed by atoms with Gasteiger partial charge in [0, 0.05) is 20.1 Å². The number of aromatic nitrogens is 2. The second-order valence-electron chi connectivity index (χ2n) is 5.53. The van der Waals surface area contributed by atoms with Crippen molar-refractivity contribution in [2.75, 3.05) is 43.4 Å². The molecule has 24 heavy (non-hydrogen) atoms. The first-order chi connectivity index (χ1) is 11.6. The summed E-state index contributed by atoms with van der Waals surface area (Å²) in [5, 5.41) is 6.20. The van der Waals surface area contributed by atoms with Crippen molar-refractivity contribution in [3.8, 4) is 0 Å². The number of anilines is 2. The van der Waals surface area contributed by atoms with Gasteiger partial charge in [0.15, 0.2) is 5.82 Å². The van der Waals surface area contributed by atoms with Gasteiger partial charge in [-0.3, -0.25) is 9.78 Å². The summed E-state index contributed by atoms with van der Waals surface area (Å²) in [4.78, 5) is 25.2. The van der Waals surface area contributed by atoms with Crippen molar-refractivity contribution >= 4 is 17.6 Å². The number of aromatic amines is 1. The summed E-state index contributed by atoms with van der Waals surface area (Å²) in [5.74, 6) is 1.47. The van der Waals surface area contributed by atoms with E-state index < -0.39 is 0 Å². The van der Waals surface area contributed by atoms with Gasteiger partial charge in [0.25, 0.3) is 5.56 Å². The van der Waals surface area contributed by atoms with E-state index in [2.05, 4.69) is 32.2 Å². The number of hydrogen-bond donors (Lipinski definition) is 5. The predicted octanol–water partition coefficient (Wildman–Crippen LogP) is -0.473. The van der Waals surface area contributed by atoms with E-state index in [1.807, 2.05) is 0 Å². The van der Waals surface area contributed by atoms with Crippen molar-refractivity contribution in [3.05, 3.63) is 28.3 Å². The molecule has 1 aliphatic heterocycles. The third-order valence-electron chi connectivity index (χ3n) is 3.78. The lowest BCUT2D eigenvalue weighted by Crippen LogP contribution is -2.40. The summed E-state index contributed by atoms with van der Waals surface area (Å²) in [6, 6.07) is 0. The van der Waals surface area contributed by atoms with Crippen molar-refractivity contribution in [1.82, 2.24) is 15.3 Å². The number of rotatable bonds is 9. The number of amidine groups is 1. The number of nitrogens with zero attached hydrogens (tertiary/aromatic N) is 3. The first kappa shape index (κ1) is 18.0. The van der Waals surface area contributed by atoms with Gasteiger partial charge >= 0.3 is 0 Å². The standard InChI is InChI=1S/C15H26N8O/c1-10-20-12(17)11-13(21-15(18-2)22-14(11)24)23(10)9-8-19-7-5-3-4-6-16/h19H,1,3-9,16H2,2H3,(H2,17,20)(H2,18,21,22,24). The van der Waals surface area contributed by atoms with Gasteiger partial charge in [-0.05, 0) is 25.9 Å². The van der Waals surface area contributed by atoms with Gasteiger partial charge in [0.1, 0.15) is 17.2 Å². The summed E-state index contributed by atoms with van der Waals surface area (Å²) >= 11 is 0. The molecule has 0 saturated heterocycles. The second kappa shape index (κ2) is 8.46. The number of nitrogens with one attached hydrogen (secondary N) is 3. The molecular weight excluding hydrogens is 308 g/mol. The highest BCUT2D eigenvalue weighted by Crippen LogP contribution is 2.24. The molecule has 132 valence electrons. The molecule has 1 aromatic heterocycles. The fourth-order valence-electron chi connectivity index (χ4n) is 2.51. The summed E-state index contributed by atoms with van der Waals surface area (Å²) < 4.78 is 0. The smallest absolute Gasteiger partial charge is 0.265 e. The summed E-state index contributed by atoms with van der Waals surface area (Å²) in [6.45, 7) is 6.89. The summed E-state index contributed by atoms with van der Waals surface area (Å²) in [5.41, 5.74) is 11.3. The Kier molecular flexibility index (Phi) is 6.33. The number of unbranched alkanes of at least 4 members (excludes halogenated alkanes) is 2. The van der Waals surface area contributed by atoms with Gasteiger partial charge in [-0.15, -0.1) is 0 Å². The minimum absolute atomic E-state index is 0.136. The third-order valence-corrected chi connectivity index (χ3v) is 3.78. The van der Waals surface area contributed by atoms with Gasteiger partial charge in [0.2, 0.25) is 5.95 Å². The molecule has 0 amide bonds. The van der Waals surface area contributed by atoms with Crippen molar-refractivity contribution in [2.45, 2.75) is 19.3 Å². The van der Waals surface area contributed by atoms with E-state index in [4.69, 9.17) is 11.5 Å². The topological polar surface area (TPSA) is 137 Å². The fourth-order valence-corrected chi connectivity index (χ4v) is 2.51. The Labute approximate surface area is 141 Å². The summed E-state index contributed by atoms with van der Waals surface area (Å²) in [7, 11) is 1.69. The fraction of sp³-hybridized carbons (Fsp3) is 0.533. The van der Waals surface area contributed by atoms with Crippen LogP contribution < -0.4 is 32.6 Å². The van der Waals surface area contributed by atoms with Crippen LogP contribution in [0.15, 0.2) is 22.2 Å². The molecule has 9 nitrogen and oxygen atoms in total. The number of aliphatic imine (C=N–C) groups is 1. The lowest BCUT2D eigenvalue weighted by atomic mass is 10.2. The molecule has 7 N–H and O–H groups in total. The highest BCUT2D eigenvalue weighted by Gasteiger charge is 2.26. The van der Waals surface area contributed by atoms with Gasteiger partial charge in [0.05, 0.1) is 0 Å². The average Bonchev–Trinajstić information content (AvgIpc) is 2.55. The first-order valence-electron chi connectivity index (χ1n) is 8.12. The molecule has 0 unspecified atom stereocenters. The van der Waals surface area contributed by atoms with E-state index >= 15 is 0 Å². The lowest BCUT2D eigenvalue weighted by molar-refractivity contribution is 0.604. The Hall–Kier alpha value is -2.39. The molecule has 0 spiro atoms. The van der Waals surface area contributed by atoms with E-state index in [-0.39, 0.29) is 17.0 Å². The van der Waals surface area contributed by atoms with Crippen LogP contribution in [-0.4, -0.2) is 49.0 Å². The third kappa shape index (κ3) is 4.12. The van der Waals surface area contributed by atoms with Crippen LogP contribution in [0.3, 0.4) is 0 Å². The second-order valence-corrected chi connectivity index (χ2v) is 5.53. The highest BCUT2D eigenvalue weighted by molar-refractivity contribution is 6.04. The van der Waals surface area contributed by atoms with E-state index in [0.717, 1.165) is 38.9 Å². The summed E-state index contributed by atoms with van der Waals surface area (Å²) in [6.07, 6.45) is 3.25. The van der Waals surface area contributed by atoms with Crippen molar-refractivity contribution in [1.29, 1.82) is 0 Å². The molecule has 0 radical (unpaired) electrons. The van der Waals surface area contributed by atoms with Crippen LogP contribution in [0.5, 0.6) is 0 Å². The van der Waals surface area contributed by atoms with Crippen LogP contribution in [0, 0.1) is 0 Å². The molecule has 0 aliphatic carbocycles. The van der Waals surface area contributed by atoms with Crippen LogP contribution in [0.1, 0.15) is 24.8 Å². The van der Waals surface area contributed by atoms with Crippen LogP contribution in [0.25, 0.3) is 0 Å². The van der Waals surface area contributed by atoms with Crippen LogP contribution >= 0.6 is 0 Å². The molecule has 0 atom stereocenters. The van der Waals surface area contributed by atoms with Crippen LogP contribution in [0.4, 0.5) is 11.8 Å². The number of nitrogens with two attached hydrogens (primary N) is 2. The van der Waals surface area contributed by atoms with Gasteiger partial charge in [-0.2, -0.15) is 4.98 Å². The maximum absolute atomic E-state index is 12.2. The SMILES string of the molecule is C=C1N=C(N)c2c(nc(NC)[nH]c2=O)N1CCNCCCCCN. The number of hydrogen-bond acceptors (Lipinski definition) is 8. The average molecular weight is 334 g/mol. The zero-order chi connectivity index (χ0) is 17.5. The molecule has 0 bridgehead atoms. The number of fused-ring (bicyclic) bond motifs is 1.